The summed E-state index contributed by atoms with van der Waals surface area (Å²) in [6.07, 6.45) is 2.37. The van der Waals surface area contributed by atoms with Gasteiger partial charge in [0.2, 0.25) is 5.91 Å². The number of nitrogens with one attached hydrogen (secondary N) is 2. The van der Waals surface area contributed by atoms with E-state index >= 15 is 0 Å². The zero-order valence-electron chi connectivity index (χ0n) is 14.4. The Labute approximate surface area is 132 Å². The highest BCUT2D eigenvalue weighted by Crippen LogP contribution is 2.24. The smallest absolute Gasteiger partial charge is 0.255 e. The molecule has 0 aliphatic carbocycles. The number of carbonyl (C=O) groups is 2. The maximum atomic E-state index is 12.1. The first kappa shape index (κ1) is 18.3. The minimum atomic E-state index is -0.294. The van der Waals surface area contributed by atoms with Crippen LogP contribution in [0, 0.1) is 18.3 Å². The number of furan rings is 1. The molecule has 1 rings (SSSR count). The van der Waals surface area contributed by atoms with Crippen LogP contribution in [0.3, 0.4) is 0 Å². The normalized spacial score (nSPS) is 13.0. The van der Waals surface area contributed by atoms with Crippen LogP contribution in [0.25, 0.3) is 0 Å². The molecule has 0 unspecified atom stereocenters. The van der Waals surface area contributed by atoms with Crippen LogP contribution < -0.4 is 10.6 Å². The van der Waals surface area contributed by atoms with Crippen molar-refractivity contribution >= 4 is 11.8 Å². The first-order valence-corrected chi connectivity index (χ1v) is 7.73. The van der Waals surface area contributed by atoms with Crippen LogP contribution in [0.1, 0.15) is 57.2 Å². The summed E-state index contributed by atoms with van der Waals surface area (Å²) in [5.41, 5.74) is 0.438. The Hall–Kier alpha value is -1.78. The molecule has 0 bridgehead atoms. The molecule has 0 spiro atoms. The van der Waals surface area contributed by atoms with Crippen LogP contribution in [0.4, 0.5) is 0 Å². The van der Waals surface area contributed by atoms with E-state index in [4.69, 9.17) is 4.42 Å². The monoisotopic (exact) mass is 308 g/mol. The Balaban J connectivity index is 2.54. The maximum Gasteiger partial charge on any atom is 0.255 e. The Morgan fingerprint density at radius 2 is 1.91 bits per heavy atom. The SMILES string of the molecule is Cc1occc1C(=O)NCC(=O)N[C@@H](CC(C)C)C(C)(C)C. The third kappa shape index (κ3) is 5.54. The van der Waals surface area contributed by atoms with Crippen LogP contribution in [0.5, 0.6) is 0 Å². The van der Waals surface area contributed by atoms with Crippen molar-refractivity contribution in [1.82, 2.24) is 10.6 Å². The fraction of sp³-hybridized carbons (Fsp3) is 0.647. The standard InChI is InChI=1S/C17H28N2O3/c1-11(2)9-14(17(4,5)6)19-15(20)10-18-16(21)13-7-8-22-12(13)3/h7-8,11,14H,9-10H2,1-6H3,(H,18,21)(H,19,20)/t14-/m0/s1. The fourth-order valence-corrected chi connectivity index (χ4v) is 2.22. The Kier molecular flexibility index (Phi) is 6.21. The first-order chi connectivity index (χ1) is 10.1. The van der Waals surface area contributed by atoms with Crippen LogP contribution in [-0.2, 0) is 4.79 Å². The number of hydrogen-bond donors (Lipinski definition) is 2. The third-order valence-electron chi connectivity index (χ3n) is 3.60. The molecule has 124 valence electrons. The second kappa shape index (κ2) is 7.47. The minimum absolute atomic E-state index is 0.0227. The van der Waals surface area contributed by atoms with E-state index in [-0.39, 0.29) is 29.8 Å². The van der Waals surface area contributed by atoms with Gasteiger partial charge >= 0.3 is 0 Å². The van der Waals surface area contributed by atoms with E-state index in [2.05, 4.69) is 45.3 Å². The van der Waals surface area contributed by atoms with Gasteiger partial charge in [0.25, 0.3) is 5.91 Å². The lowest BCUT2D eigenvalue weighted by molar-refractivity contribution is -0.121. The molecule has 0 radical (unpaired) electrons. The number of hydrogen-bond acceptors (Lipinski definition) is 3. The molecule has 22 heavy (non-hydrogen) atoms. The van der Waals surface area contributed by atoms with Gasteiger partial charge in [0.05, 0.1) is 18.4 Å². The van der Waals surface area contributed by atoms with E-state index in [1.165, 1.54) is 6.26 Å². The van der Waals surface area contributed by atoms with Gasteiger partial charge in [-0.1, -0.05) is 34.6 Å². The molecule has 0 aliphatic heterocycles. The van der Waals surface area contributed by atoms with Crippen molar-refractivity contribution in [2.24, 2.45) is 11.3 Å². The van der Waals surface area contributed by atoms with Crippen molar-refractivity contribution in [2.75, 3.05) is 6.54 Å². The summed E-state index contributed by atoms with van der Waals surface area (Å²) < 4.78 is 5.08. The zero-order chi connectivity index (χ0) is 16.9. The molecule has 5 heteroatoms. The van der Waals surface area contributed by atoms with E-state index in [0.29, 0.717) is 17.2 Å². The lowest BCUT2D eigenvalue weighted by Crippen LogP contribution is -2.48. The summed E-state index contributed by atoms with van der Waals surface area (Å²) in [5, 5.41) is 5.65. The third-order valence-corrected chi connectivity index (χ3v) is 3.60. The average molecular weight is 308 g/mol. The minimum Gasteiger partial charge on any atom is -0.469 e. The summed E-state index contributed by atoms with van der Waals surface area (Å²) >= 11 is 0. The fourth-order valence-electron chi connectivity index (χ4n) is 2.22. The van der Waals surface area contributed by atoms with Gasteiger partial charge in [0.1, 0.15) is 5.76 Å². The lowest BCUT2D eigenvalue weighted by atomic mass is 9.82. The molecule has 0 aromatic carbocycles. The van der Waals surface area contributed by atoms with Gasteiger partial charge in [-0.05, 0) is 30.7 Å². The second-order valence-corrected chi connectivity index (χ2v) is 7.19. The Morgan fingerprint density at radius 3 is 2.36 bits per heavy atom. The van der Waals surface area contributed by atoms with E-state index in [1.807, 2.05) is 0 Å². The van der Waals surface area contributed by atoms with Crippen LogP contribution >= 0.6 is 0 Å². The zero-order valence-corrected chi connectivity index (χ0v) is 14.4. The molecule has 1 atom stereocenters. The maximum absolute atomic E-state index is 12.1. The topological polar surface area (TPSA) is 71.3 Å². The van der Waals surface area contributed by atoms with Gasteiger partial charge in [-0.15, -0.1) is 0 Å². The van der Waals surface area contributed by atoms with Gasteiger partial charge in [0.15, 0.2) is 0 Å². The molecule has 0 saturated heterocycles. The summed E-state index contributed by atoms with van der Waals surface area (Å²) in [6.45, 7) is 12.3. The molecule has 1 aromatic rings. The van der Waals surface area contributed by atoms with E-state index in [1.54, 1.807) is 13.0 Å². The predicted molar refractivity (Wildman–Crippen MR) is 86.6 cm³/mol. The highest BCUT2D eigenvalue weighted by molar-refractivity contribution is 5.97. The van der Waals surface area contributed by atoms with Crippen molar-refractivity contribution < 1.29 is 14.0 Å². The van der Waals surface area contributed by atoms with Gasteiger partial charge < -0.3 is 15.1 Å². The summed E-state index contributed by atoms with van der Waals surface area (Å²) in [6, 6.07) is 1.67. The van der Waals surface area contributed by atoms with E-state index in [9.17, 15) is 9.59 Å². The molecule has 1 heterocycles. The largest absolute Gasteiger partial charge is 0.469 e. The molecule has 0 fully saturated rings. The van der Waals surface area contributed by atoms with Gasteiger partial charge in [-0.3, -0.25) is 9.59 Å². The molecule has 2 amide bonds. The van der Waals surface area contributed by atoms with Crippen molar-refractivity contribution in [1.29, 1.82) is 0 Å². The number of carbonyl (C=O) groups excluding carboxylic acids is 2. The van der Waals surface area contributed by atoms with Crippen LogP contribution in [0.2, 0.25) is 0 Å². The highest BCUT2D eigenvalue weighted by atomic mass is 16.3. The molecule has 2 N–H and O–H groups in total. The number of aryl methyl sites for hydroxylation is 1. The van der Waals surface area contributed by atoms with E-state index < -0.39 is 0 Å². The van der Waals surface area contributed by atoms with E-state index in [0.717, 1.165) is 6.42 Å². The molecule has 0 saturated carbocycles. The molecular formula is C17H28N2O3. The summed E-state index contributed by atoms with van der Waals surface area (Å²) in [4.78, 5) is 24.0. The predicted octanol–water partition coefficient (Wildman–Crippen LogP) is 2.89. The molecule has 5 nitrogen and oxygen atoms in total. The van der Waals surface area contributed by atoms with Gasteiger partial charge in [-0.2, -0.15) is 0 Å². The van der Waals surface area contributed by atoms with Crippen LogP contribution in [0.15, 0.2) is 16.7 Å². The van der Waals surface area contributed by atoms with Gasteiger partial charge in [0, 0.05) is 6.04 Å². The van der Waals surface area contributed by atoms with Crippen molar-refractivity contribution in [3.05, 3.63) is 23.7 Å². The lowest BCUT2D eigenvalue weighted by Gasteiger charge is -2.33. The Bertz CT molecular complexity index is 512. The second-order valence-electron chi connectivity index (χ2n) is 7.19. The molecule has 1 aromatic heterocycles. The average Bonchev–Trinajstić information content (AvgIpc) is 2.80. The van der Waals surface area contributed by atoms with Crippen molar-refractivity contribution in [2.45, 2.75) is 54.0 Å². The van der Waals surface area contributed by atoms with Crippen molar-refractivity contribution in [3.63, 3.8) is 0 Å². The summed E-state index contributed by atoms with van der Waals surface area (Å²) in [7, 11) is 0. The van der Waals surface area contributed by atoms with Crippen LogP contribution in [-0.4, -0.2) is 24.4 Å². The molecule has 0 aliphatic rings. The number of amides is 2. The quantitative estimate of drug-likeness (QED) is 0.849. The van der Waals surface area contributed by atoms with Gasteiger partial charge in [-0.25, -0.2) is 0 Å². The van der Waals surface area contributed by atoms with Crippen molar-refractivity contribution in [3.8, 4) is 0 Å². The summed E-state index contributed by atoms with van der Waals surface area (Å²) in [5.74, 6) is 0.575. The highest BCUT2D eigenvalue weighted by Gasteiger charge is 2.27. The number of rotatable bonds is 6. The first-order valence-electron chi connectivity index (χ1n) is 7.73. The Morgan fingerprint density at radius 1 is 1.27 bits per heavy atom. The molecular weight excluding hydrogens is 280 g/mol.